The van der Waals surface area contributed by atoms with Gasteiger partial charge in [0.15, 0.2) is 0 Å². The molecule has 3 rings (SSSR count). The molecule has 0 aromatic heterocycles. The molecule has 1 heterocycles. The Morgan fingerprint density at radius 1 is 1.15 bits per heavy atom. The van der Waals surface area contributed by atoms with Gasteiger partial charge in [-0.2, -0.15) is 0 Å². The Balaban J connectivity index is 1.87. The van der Waals surface area contributed by atoms with E-state index < -0.39 is 5.54 Å². The molecule has 136 valence electrons. The van der Waals surface area contributed by atoms with E-state index in [-0.39, 0.29) is 24.2 Å². The lowest BCUT2D eigenvalue weighted by Crippen LogP contribution is -2.58. The van der Waals surface area contributed by atoms with Gasteiger partial charge in [-0.15, -0.1) is 0 Å². The number of benzene rings is 2. The highest BCUT2D eigenvalue weighted by Gasteiger charge is 2.35. The molecule has 5 nitrogen and oxygen atoms in total. The van der Waals surface area contributed by atoms with Crippen LogP contribution in [0.15, 0.2) is 49.1 Å². The Hall–Kier alpha value is -2.73. The third-order valence-corrected chi connectivity index (χ3v) is 4.73. The molecule has 1 aliphatic heterocycles. The zero-order chi connectivity index (χ0) is 18.6. The first-order valence-corrected chi connectivity index (χ1v) is 8.52. The van der Waals surface area contributed by atoms with Gasteiger partial charge < -0.3 is 15.4 Å². The van der Waals surface area contributed by atoms with E-state index in [0.29, 0.717) is 42.4 Å². The Labute approximate surface area is 151 Å². The lowest BCUT2D eigenvalue weighted by molar-refractivity contribution is -0.117. The number of rotatable bonds is 5. The normalized spacial score (nSPS) is 16.0. The van der Waals surface area contributed by atoms with E-state index in [9.17, 15) is 14.0 Å². The average molecular weight is 356 g/mol. The van der Waals surface area contributed by atoms with Crippen LogP contribution >= 0.6 is 0 Å². The van der Waals surface area contributed by atoms with Gasteiger partial charge in [-0.25, -0.2) is 4.39 Å². The van der Waals surface area contributed by atoms with Crippen molar-refractivity contribution in [2.45, 2.75) is 18.4 Å². The van der Waals surface area contributed by atoms with Crippen molar-refractivity contribution in [2.75, 3.05) is 19.8 Å². The molecule has 0 atom stereocenters. The molecule has 6 heteroatoms. The van der Waals surface area contributed by atoms with Crippen molar-refractivity contribution in [2.24, 2.45) is 0 Å². The highest BCUT2D eigenvalue weighted by atomic mass is 19.1. The molecule has 0 unspecified atom stereocenters. The molecule has 2 amide bonds. The molecule has 1 fully saturated rings. The summed E-state index contributed by atoms with van der Waals surface area (Å²) in [4.78, 5) is 24.5. The van der Waals surface area contributed by atoms with E-state index in [0.717, 1.165) is 0 Å². The maximum atomic E-state index is 14.0. The van der Waals surface area contributed by atoms with Crippen molar-refractivity contribution in [1.29, 1.82) is 0 Å². The summed E-state index contributed by atoms with van der Waals surface area (Å²) in [5.41, 5.74) is -0.202. The quantitative estimate of drug-likeness (QED) is 0.809. The van der Waals surface area contributed by atoms with Gasteiger partial charge in [0, 0.05) is 30.7 Å². The van der Waals surface area contributed by atoms with Gasteiger partial charge in [-0.05, 0) is 36.4 Å². The fourth-order valence-electron chi connectivity index (χ4n) is 3.21. The molecule has 1 saturated heterocycles. The summed E-state index contributed by atoms with van der Waals surface area (Å²) in [5, 5.41) is 6.77. The smallest absolute Gasteiger partial charge is 0.252 e. The second kappa shape index (κ2) is 7.66. The van der Waals surface area contributed by atoms with E-state index >= 15 is 0 Å². The second-order valence-corrected chi connectivity index (χ2v) is 6.41. The predicted octanol–water partition coefficient (Wildman–Crippen LogP) is 2.56. The van der Waals surface area contributed by atoms with Crippen LogP contribution in [-0.4, -0.2) is 37.1 Å². The number of hydrogen-bond donors (Lipinski definition) is 2. The van der Waals surface area contributed by atoms with Gasteiger partial charge in [0.25, 0.3) is 5.91 Å². The van der Waals surface area contributed by atoms with E-state index in [1.54, 1.807) is 24.3 Å². The van der Waals surface area contributed by atoms with Crippen LogP contribution in [0.4, 0.5) is 4.39 Å². The van der Waals surface area contributed by atoms with Crippen LogP contribution in [-0.2, 0) is 9.53 Å². The third-order valence-electron chi connectivity index (χ3n) is 4.73. The van der Waals surface area contributed by atoms with Gasteiger partial charge in [0.1, 0.15) is 5.82 Å². The molecule has 26 heavy (non-hydrogen) atoms. The summed E-state index contributed by atoms with van der Waals surface area (Å²) in [6.07, 6.45) is 2.35. The summed E-state index contributed by atoms with van der Waals surface area (Å²) in [7, 11) is 0. The van der Waals surface area contributed by atoms with Crippen LogP contribution in [0.1, 0.15) is 23.2 Å². The first-order valence-electron chi connectivity index (χ1n) is 8.52. The summed E-state index contributed by atoms with van der Waals surface area (Å²) >= 11 is 0. The van der Waals surface area contributed by atoms with Gasteiger partial charge in [0.05, 0.1) is 5.54 Å². The number of carbonyl (C=O) groups excluding carboxylic acids is 2. The fraction of sp³-hybridized carbons (Fsp3) is 0.300. The van der Waals surface area contributed by atoms with Crippen LogP contribution in [0.25, 0.3) is 10.8 Å². The SMILES string of the molecule is C=CC(=O)NCC1(NC(=O)c2ccc(F)c3ccccc23)CCOCC1. The second-order valence-electron chi connectivity index (χ2n) is 6.41. The van der Waals surface area contributed by atoms with E-state index in [1.807, 2.05) is 0 Å². The van der Waals surface area contributed by atoms with Gasteiger partial charge in [-0.1, -0.05) is 30.8 Å². The first kappa shape index (κ1) is 18.1. The summed E-state index contributed by atoms with van der Waals surface area (Å²) < 4.78 is 19.4. The summed E-state index contributed by atoms with van der Waals surface area (Å²) in [6.45, 7) is 4.71. The number of hydrogen-bond acceptors (Lipinski definition) is 3. The average Bonchev–Trinajstić information content (AvgIpc) is 2.67. The molecule has 0 spiro atoms. The largest absolute Gasteiger partial charge is 0.381 e. The van der Waals surface area contributed by atoms with Crippen molar-refractivity contribution >= 4 is 22.6 Å². The topological polar surface area (TPSA) is 67.4 Å². The lowest BCUT2D eigenvalue weighted by Gasteiger charge is -2.38. The molecule has 2 aromatic rings. The number of amides is 2. The molecule has 0 bridgehead atoms. The van der Waals surface area contributed by atoms with Crippen molar-refractivity contribution in [3.8, 4) is 0 Å². The minimum atomic E-state index is -0.608. The van der Waals surface area contributed by atoms with Gasteiger partial charge in [0.2, 0.25) is 5.91 Å². The number of nitrogens with one attached hydrogen (secondary N) is 2. The molecule has 0 saturated carbocycles. The molecular formula is C20H21FN2O3. The van der Waals surface area contributed by atoms with Crippen LogP contribution in [0.5, 0.6) is 0 Å². The van der Waals surface area contributed by atoms with Crippen molar-refractivity contribution in [3.63, 3.8) is 0 Å². The molecule has 2 aromatic carbocycles. The minimum absolute atomic E-state index is 0.284. The molecular weight excluding hydrogens is 335 g/mol. The van der Waals surface area contributed by atoms with E-state index in [1.165, 1.54) is 18.2 Å². The first-order chi connectivity index (χ1) is 12.5. The zero-order valence-corrected chi connectivity index (χ0v) is 14.4. The standard InChI is InChI=1S/C20H21FN2O3/c1-2-18(24)22-13-20(9-11-26-12-10-20)23-19(25)16-7-8-17(21)15-6-4-3-5-14(15)16/h2-8H,1,9-13H2,(H,22,24)(H,23,25). The highest BCUT2D eigenvalue weighted by Crippen LogP contribution is 2.25. The Kier molecular flexibility index (Phi) is 5.32. The lowest BCUT2D eigenvalue weighted by atomic mass is 9.89. The van der Waals surface area contributed by atoms with Crippen LogP contribution < -0.4 is 10.6 Å². The maximum Gasteiger partial charge on any atom is 0.252 e. The van der Waals surface area contributed by atoms with Crippen LogP contribution in [0, 0.1) is 5.82 Å². The zero-order valence-electron chi connectivity index (χ0n) is 14.4. The van der Waals surface area contributed by atoms with Crippen molar-refractivity contribution in [1.82, 2.24) is 10.6 Å². The third kappa shape index (κ3) is 3.75. The molecule has 0 aliphatic carbocycles. The predicted molar refractivity (Wildman–Crippen MR) is 97.4 cm³/mol. The van der Waals surface area contributed by atoms with E-state index in [2.05, 4.69) is 17.2 Å². The maximum absolute atomic E-state index is 14.0. The molecule has 1 aliphatic rings. The Bertz CT molecular complexity index is 844. The van der Waals surface area contributed by atoms with Gasteiger partial charge >= 0.3 is 0 Å². The van der Waals surface area contributed by atoms with Crippen LogP contribution in [0.2, 0.25) is 0 Å². The minimum Gasteiger partial charge on any atom is -0.381 e. The molecule has 0 radical (unpaired) electrons. The van der Waals surface area contributed by atoms with Crippen molar-refractivity contribution in [3.05, 3.63) is 60.4 Å². The van der Waals surface area contributed by atoms with Gasteiger partial charge in [-0.3, -0.25) is 9.59 Å². The van der Waals surface area contributed by atoms with Crippen LogP contribution in [0.3, 0.4) is 0 Å². The number of ether oxygens (including phenoxy) is 1. The van der Waals surface area contributed by atoms with Crippen molar-refractivity contribution < 1.29 is 18.7 Å². The number of carbonyl (C=O) groups is 2. The Morgan fingerprint density at radius 3 is 2.54 bits per heavy atom. The fourth-order valence-corrected chi connectivity index (χ4v) is 3.21. The Morgan fingerprint density at radius 2 is 1.85 bits per heavy atom. The number of fused-ring (bicyclic) bond motifs is 1. The van der Waals surface area contributed by atoms with E-state index in [4.69, 9.17) is 4.74 Å². The number of halogens is 1. The summed E-state index contributed by atoms with van der Waals surface area (Å²) in [6, 6.07) is 9.67. The monoisotopic (exact) mass is 356 g/mol. The molecule has 2 N–H and O–H groups in total. The highest BCUT2D eigenvalue weighted by molar-refractivity contribution is 6.07. The summed E-state index contributed by atoms with van der Waals surface area (Å²) in [5.74, 6) is -0.954.